The highest BCUT2D eigenvalue weighted by atomic mass is 15.1. The van der Waals surface area contributed by atoms with Crippen molar-refractivity contribution in [1.29, 1.82) is 0 Å². The van der Waals surface area contributed by atoms with E-state index in [0.717, 1.165) is 17.1 Å². The molecule has 9 aromatic carbocycles. The lowest BCUT2D eigenvalue weighted by Gasteiger charge is -2.31. The van der Waals surface area contributed by atoms with Crippen LogP contribution in [-0.2, 0) is 5.41 Å². The van der Waals surface area contributed by atoms with E-state index in [1.54, 1.807) is 0 Å². The van der Waals surface area contributed by atoms with Gasteiger partial charge >= 0.3 is 0 Å². The Bertz CT molecular complexity index is 2910. The van der Waals surface area contributed by atoms with Crippen LogP contribution in [0.3, 0.4) is 0 Å². The molecule has 0 bridgehead atoms. The molecule has 1 nitrogen and oxygen atoms in total. The highest BCUT2D eigenvalue weighted by Gasteiger charge is 2.41. The van der Waals surface area contributed by atoms with Crippen LogP contribution in [0.4, 0.5) is 17.1 Å². The summed E-state index contributed by atoms with van der Waals surface area (Å²) in [4.78, 5) is 2.40. The van der Waals surface area contributed by atoms with Gasteiger partial charge in [-0.05, 0) is 139 Å². The largest absolute Gasteiger partial charge is 0.310 e. The molecule has 0 fully saturated rings. The summed E-state index contributed by atoms with van der Waals surface area (Å²) in [6, 6.07) is 78.4. The minimum Gasteiger partial charge on any atom is -0.310 e. The predicted octanol–water partition coefficient (Wildman–Crippen LogP) is 14.5. The van der Waals surface area contributed by atoms with Crippen molar-refractivity contribution in [2.24, 2.45) is 0 Å². The number of rotatable bonds is 6. The van der Waals surface area contributed by atoms with Gasteiger partial charge in [0.25, 0.3) is 0 Å². The fourth-order valence-corrected chi connectivity index (χ4v) is 9.64. The first-order valence-corrected chi connectivity index (χ1v) is 19.6. The maximum atomic E-state index is 2.44. The molecule has 11 rings (SSSR count). The molecular formula is C55H39N. The fraction of sp³-hybridized carbons (Fsp3) is 0.0545. The smallest absolute Gasteiger partial charge is 0.0465 e. The van der Waals surface area contributed by atoms with Gasteiger partial charge in [-0.2, -0.15) is 0 Å². The second kappa shape index (κ2) is 12.8. The molecule has 0 saturated carbocycles. The molecule has 2 atom stereocenters. The van der Waals surface area contributed by atoms with E-state index in [9.17, 15) is 0 Å². The molecule has 0 N–H and O–H groups in total. The average Bonchev–Trinajstić information content (AvgIpc) is 3.73. The number of benzene rings is 9. The molecule has 0 heterocycles. The molecule has 56 heavy (non-hydrogen) atoms. The van der Waals surface area contributed by atoms with E-state index >= 15 is 0 Å². The van der Waals surface area contributed by atoms with Crippen LogP contribution in [0, 0.1) is 0 Å². The molecule has 0 amide bonds. The minimum atomic E-state index is -0.316. The van der Waals surface area contributed by atoms with Gasteiger partial charge in [0.2, 0.25) is 0 Å². The quantitative estimate of drug-likeness (QED) is 0.166. The van der Waals surface area contributed by atoms with Crippen molar-refractivity contribution in [2.45, 2.75) is 18.3 Å². The normalized spacial score (nSPS) is 16.2. The highest BCUT2D eigenvalue weighted by Crippen LogP contribution is 2.55. The van der Waals surface area contributed by atoms with Gasteiger partial charge in [0.1, 0.15) is 0 Å². The van der Waals surface area contributed by atoms with E-state index < -0.39 is 0 Å². The summed E-state index contributed by atoms with van der Waals surface area (Å²) in [7, 11) is 0. The highest BCUT2D eigenvalue weighted by molar-refractivity contribution is 5.95. The minimum absolute atomic E-state index is 0.223. The average molecular weight is 714 g/mol. The van der Waals surface area contributed by atoms with Gasteiger partial charge < -0.3 is 4.90 Å². The Morgan fingerprint density at radius 3 is 1.70 bits per heavy atom. The van der Waals surface area contributed by atoms with Gasteiger partial charge in [-0.25, -0.2) is 0 Å². The van der Waals surface area contributed by atoms with Gasteiger partial charge in [-0.15, -0.1) is 0 Å². The zero-order valence-electron chi connectivity index (χ0n) is 31.2. The lowest BCUT2D eigenvalue weighted by atomic mass is 9.74. The molecule has 264 valence electrons. The van der Waals surface area contributed by atoms with Crippen molar-refractivity contribution < 1.29 is 0 Å². The Kier molecular flexibility index (Phi) is 7.44. The number of nitrogens with zero attached hydrogens (tertiary/aromatic N) is 1. The third kappa shape index (κ3) is 5.01. The summed E-state index contributed by atoms with van der Waals surface area (Å²) in [5, 5.41) is 2.55. The molecule has 0 saturated heterocycles. The van der Waals surface area contributed by atoms with E-state index in [2.05, 4.69) is 224 Å². The zero-order chi connectivity index (χ0) is 37.2. The van der Waals surface area contributed by atoms with Crippen molar-refractivity contribution >= 4 is 27.8 Å². The molecule has 0 aliphatic heterocycles. The molecule has 2 aliphatic carbocycles. The standard InChI is InChI=1S/C55H39N/c1-55(42-19-7-3-8-20-42)52-35-40-18-12-11-17-39(40)33-50(52)48-32-30-45(36-53(48)55)56(43-21-9-4-10-22-43)44-28-25-37(26-29-44)41-27-31-47-46-23-13-14-24-49(46)54(51(47)34-41)38-15-5-2-6-16-38/h2-36,54H,1H3. The van der Waals surface area contributed by atoms with Crippen LogP contribution in [0.25, 0.3) is 44.2 Å². The Morgan fingerprint density at radius 1 is 0.375 bits per heavy atom. The van der Waals surface area contributed by atoms with Crippen LogP contribution in [0.2, 0.25) is 0 Å². The number of anilines is 3. The van der Waals surface area contributed by atoms with Gasteiger partial charge in [-0.3, -0.25) is 0 Å². The van der Waals surface area contributed by atoms with Crippen molar-refractivity contribution in [3.8, 4) is 33.4 Å². The molecule has 0 aromatic heterocycles. The maximum absolute atomic E-state index is 2.44. The Labute approximate surface area is 328 Å². The topological polar surface area (TPSA) is 3.24 Å². The first-order valence-electron chi connectivity index (χ1n) is 19.6. The molecule has 2 aliphatic rings. The summed E-state index contributed by atoms with van der Waals surface area (Å²) in [5.74, 6) is 0.223. The predicted molar refractivity (Wildman–Crippen MR) is 234 cm³/mol. The van der Waals surface area contributed by atoms with Crippen LogP contribution in [-0.4, -0.2) is 0 Å². The van der Waals surface area contributed by atoms with Gasteiger partial charge in [0, 0.05) is 28.4 Å². The molecule has 0 spiro atoms. The van der Waals surface area contributed by atoms with E-state index in [0.29, 0.717) is 0 Å². The first kappa shape index (κ1) is 32.5. The lowest BCUT2D eigenvalue weighted by Crippen LogP contribution is -2.23. The van der Waals surface area contributed by atoms with E-state index in [1.165, 1.54) is 77.5 Å². The summed E-state index contributed by atoms with van der Waals surface area (Å²) in [6.07, 6.45) is 0. The Hall–Kier alpha value is -6.96. The molecule has 0 radical (unpaired) electrons. The molecule has 1 heteroatoms. The second-order valence-corrected chi connectivity index (χ2v) is 15.4. The lowest BCUT2D eigenvalue weighted by molar-refractivity contribution is 0.715. The summed E-state index contributed by atoms with van der Waals surface area (Å²) in [5.41, 5.74) is 18.9. The molecular weight excluding hydrogens is 675 g/mol. The number of fused-ring (bicyclic) bond motifs is 7. The SMILES string of the molecule is CC1(c2ccccc2)c2cc(N(c3ccccc3)c3ccc(-c4ccc5c(c4)C(c4ccccc4)c4ccccc4-5)cc3)ccc2-c2cc3ccccc3cc21. The Balaban J connectivity index is 1.02. The monoisotopic (exact) mass is 713 g/mol. The van der Waals surface area contributed by atoms with Crippen LogP contribution in [0.5, 0.6) is 0 Å². The summed E-state index contributed by atoms with van der Waals surface area (Å²) < 4.78 is 0. The van der Waals surface area contributed by atoms with Crippen molar-refractivity contribution in [1.82, 2.24) is 0 Å². The van der Waals surface area contributed by atoms with Crippen LogP contribution >= 0.6 is 0 Å². The van der Waals surface area contributed by atoms with Crippen molar-refractivity contribution in [2.75, 3.05) is 4.90 Å². The number of hydrogen-bond acceptors (Lipinski definition) is 1. The fourth-order valence-electron chi connectivity index (χ4n) is 9.64. The molecule has 9 aromatic rings. The van der Waals surface area contributed by atoms with E-state index in [-0.39, 0.29) is 11.3 Å². The van der Waals surface area contributed by atoms with Crippen molar-refractivity contribution in [3.05, 3.63) is 246 Å². The van der Waals surface area contributed by atoms with Gasteiger partial charge in [-0.1, -0.05) is 158 Å². The van der Waals surface area contributed by atoms with Gasteiger partial charge in [0.15, 0.2) is 0 Å². The van der Waals surface area contributed by atoms with Gasteiger partial charge in [0.05, 0.1) is 0 Å². The Morgan fingerprint density at radius 2 is 0.929 bits per heavy atom. The van der Waals surface area contributed by atoms with E-state index in [4.69, 9.17) is 0 Å². The second-order valence-electron chi connectivity index (χ2n) is 15.4. The third-order valence-corrected chi connectivity index (χ3v) is 12.4. The van der Waals surface area contributed by atoms with Crippen LogP contribution in [0.15, 0.2) is 212 Å². The zero-order valence-corrected chi connectivity index (χ0v) is 31.2. The summed E-state index contributed by atoms with van der Waals surface area (Å²) >= 11 is 0. The number of hydrogen-bond donors (Lipinski definition) is 0. The van der Waals surface area contributed by atoms with Crippen molar-refractivity contribution in [3.63, 3.8) is 0 Å². The summed E-state index contributed by atoms with van der Waals surface area (Å²) in [6.45, 7) is 2.41. The van der Waals surface area contributed by atoms with Crippen LogP contribution in [0.1, 0.15) is 46.2 Å². The molecule has 2 unspecified atom stereocenters. The first-order chi connectivity index (χ1) is 27.6. The van der Waals surface area contributed by atoms with Crippen LogP contribution < -0.4 is 4.90 Å². The number of para-hydroxylation sites is 1. The third-order valence-electron chi connectivity index (χ3n) is 12.4. The van der Waals surface area contributed by atoms with E-state index in [1.807, 2.05) is 0 Å². The maximum Gasteiger partial charge on any atom is 0.0465 e.